The molecular formula is C17H34N2O3. The van der Waals surface area contributed by atoms with Crippen molar-refractivity contribution in [3.63, 3.8) is 0 Å². The number of aliphatic hydroxyl groups excluding tert-OH is 2. The highest BCUT2D eigenvalue weighted by atomic mass is 16.5. The van der Waals surface area contributed by atoms with Crippen LogP contribution in [0.25, 0.3) is 0 Å². The molecule has 0 aromatic heterocycles. The van der Waals surface area contributed by atoms with E-state index >= 15 is 0 Å². The Morgan fingerprint density at radius 1 is 1.27 bits per heavy atom. The Balaban J connectivity index is 1.84. The van der Waals surface area contributed by atoms with Gasteiger partial charge in [0.05, 0.1) is 25.9 Å². The first-order chi connectivity index (χ1) is 10.3. The number of morpholine rings is 1. The van der Waals surface area contributed by atoms with Gasteiger partial charge in [0.15, 0.2) is 0 Å². The van der Waals surface area contributed by atoms with Crippen LogP contribution >= 0.6 is 0 Å². The summed E-state index contributed by atoms with van der Waals surface area (Å²) in [6, 6.07) is 0. The smallest absolute Gasteiger partial charge is 0.0791 e. The maximum atomic E-state index is 10.3. The van der Waals surface area contributed by atoms with Crippen molar-refractivity contribution in [2.75, 3.05) is 46.0 Å². The zero-order chi connectivity index (χ0) is 16.2. The van der Waals surface area contributed by atoms with Crippen LogP contribution in [0.15, 0.2) is 0 Å². The van der Waals surface area contributed by atoms with Crippen molar-refractivity contribution in [2.45, 2.75) is 51.7 Å². The molecule has 0 radical (unpaired) electrons. The summed E-state index contributed by atoms with van der Waals surface area (Å²) in [6.45, 7) is 11.5. The van der Waals surface area contributed by atoms with Crippen LogP contribution in [0.4, 0.5) is 0 Å². The summed E-state index contributed by atoms with van der Waals surface area (Å²) in [6.07, 6.45) is 2.75. The number of hydrogen-bond donors (Lipinski definition) is 3. The minimum Gasteiger partial charge on any atom is -0.394 e. The third-order valence-corrected chi connectivity index (χ3v) is 5.05. The van der Waals surface area contributed by atoms with E-state index in [0.717, 1.165) is 39.1 Å². The second-order valence-electron chi connectivity index (χ2n) is 8.24. The van der Waals surface area contributed by atoms with Crippen LogP contribution < -0.4 is 5.32 Å². The maximum Gasteiger partial charge on any atom is 0.0791 e. The van der Waals surface area contributed by atoms with Gasteiger partial charge in [0.2, 0.25) is 0 Å². The molecular weight excluding hydrogens is 280 g/mol. The summed E-state index contributed by atoms with van der Waals surface area (Å²) in [5, 5.41) is 23.8. The van der Waals surface area contributed by atoms with Gasteiger partial charge < -0.3 is 20.3 Å². The fourth-order valence-electron chi connectivity index (χ4n) is 4.53. The van der Waals surface area contributed by atoms with Crippen LogP contribution in [0.1, 0.15) is 40.0 Å². The zero-order valence-electron chi connectivity index (χ0n) is 14.5. The first kappa shape index (κ1) is 18.1. The van der Waals surface area contributed by atoms with Crippen LogP contribution in [0.2, 0.25) is 0 Å². The Hall–Kier alpha value is -0.200. The van der Waals surface area contributed by atoms with Crippen molar-refractivity contribution < 1.29 is 14.9 Å². The normalized spacial score (nSPS) is 34.5. The molecule has 5 heteroatoms. The molecule has 1 saturated heterocycles. The van der Waals surface area contributed by atoms with E-state index in [4.69, 9.17) is 4.74 Å². The molecule has 3 N–H and O–H groups in total. The molecule has 3 atom stereocenters. The molecule has 1 saturated carbocycles. The van der Waals surface area contributed by atoms with E-state index in [1.165, 1.54) is 6.42 Å². The first-order valence-corrected chi connectivity index (χ1v) is 8.68. The third kappa shape index (κ3) is 5.17. The molecule has 0 aromatic carbocycles. The maximum absolute atomic E-state index is 10.3. The van der Waals surface area contributed by atoms with Gasteiger partial charge in [-0.15, -0.1) is 0 Å². The lowest BCUT2D eigenvalue weighted by atomic mass is 9.64. The van der Waals surface area contributed by atoms with Crippen LogP contribution in [0.5, 0.6) is 0 Å². The van der Waals surface area contributed by atoms with E-state index in [2.05, 4.69) is 31.0 Å². The third-order valence-electron chi connectivity index (χ3n) is 5.05. The highest BCUT2D eigenvalue weighted by Crippen LogP contribution is 2.43. The van der Waals surface area contributed by atoms with Gasteiger partial charge in [0.25, 0.3) is 0 Å². The second kappa shape index (κ2) is 7.58. The number of ether oxygens (including phenoxy) is 1. The van der Waals surface area contributed by atoms with Crippen molar-refractivity contribution in [1.29, 1.82) is 0 Å². The number of aliphatic hydroxyl groups is 2. The molecule has 0 amide bonds. The summed E-state index contributed by atoms with van der Waals surface area (Å²) in [5.74, 6) is 0.597. The molecule has 0 spiro atoms. The molecule has 0 unspecified atom stereocenters. The average Bonchev–Trinajstić information content (AvgIpc) is 2.44. The number of nitrogens with one attached hydrogen (secondary N) is 1. The summed E-state index contributed by atoms with van der Waals surface area (Å²) < 4.78 is 5.33. The van der Waals surface area contributed by atoms with Gasteiger partial charge in [-0.25, -0.2) is 0 Å². The molecule has 22 heavy (non-hydrogen) atoms. The average molecular weight is 314 g/mol. The molecule has 5 nitrogen and oxygen atoms in total. The predicted octanol–water partition coefficient (Wildman–Crippen LogP) is 0.846. The molecule has 2 aliphatic rings. The quantitative estimate of drug-likeness (QED) is 0.678. The monoisotopic (exact) mass is 314 g/mol. The zero-order valence-corrected chi connectivity index (χ0v) is 14.5. The molecule has 1 aliphatic carbocycles. The van der Waals surface area contributed by atoms with E-state index < -0.39 is 6.10 Å². The molecule has 0 bridgehead atoms. The Morgan fingerprint density at radius 2 is 1.95 bits per heavy atom. The topological polar surface area (TPSA) is 65.0 Å². The minimum atomic E-state index is -0.401. The number of rotatable bonds is 6. The van der Waals surface area contributed by atoms with Gasteiger partial charge in [-0.05, 0) is 30.6 Å². The lowest BCUT2D eigenvalue weighted by Crippen LogP contribution is -2.57. The fourth-order valence-corrected chi connectivity index (χ4v) is 4.53. The predicted molar refractivity (Wildman–Crippen MR) is 87.9 cm³/mol. The van der Waals surface area contributed by atoms with Crippen molar-refractivity contribution in [3.05, 3.63) is 0 Å². The highest BCUT2D eigenvalue weighted by molar-refractivity contribution is 4.99. The lowest BCUT2D eigenvalue weighted by molar-refractivity contribution is 0.00261. The van der Waals surface area contributed by atoms with Crippen molar-refractivity contribution >= 4 is 0 Å². The van der Waals surface area contributed by atoms with Crippen LogP contribution in [0.3, 0.4) is 0 Å². The fraction of sp³-hybridized carbons (Fsp3) is 1.00. The van der Waals surface area contributed by atoms with E-state index in [1.54, 1.807) is 0 Å². The molecule has 2 fully saturated rings. The Kier molecular flexibility index (Phi) is 6.25. The molecule has 0 aromatic rings. The highest BCUT2D eigenvalue weighted by Gasteiger charge is 2.42. The van der Waals surface area contributed by atoms with Gasteiger partial charge in [-0.1, -0.05) is 20.8 Å². The van der Waals surface area contributed by atoms with Gasteiger partial charge in [0.1, 0.15) is 0 Å². The first-order valence-electron chi connectivity index (χ1n) is 8.68. The van der Waals surface area contributed by atoms with Crippen molar-refractivity contribution in [1.82, 2.24) is 10.2 Å². The summed E-state index contributed by atoms with van der Waals surface area (Å²) in [5.41, 5.74) is -0.00425. The number of β-amino-alcohol motifs (C(OH)–C–C–N with tert-alkyl or cyclic N) is 1. The molecule has 1 aliphatic heterocycles. The van der Waals surface area contributed by atoms with Crippen LogP contribution in [-0.4, -0.2) is 72.8 Å². The SMILES string of the molecule is C[C@@H]1CC(C)(C)C[C@@](CO)(NC[C@H](O)CN2CCOCC2)C1. The standard InChI is InChI=1S/C17H34N2O3/c1-14-8-16(2,3)12-17(9-14,13-20)18-10-15(21)11-19-4-6-22-7-5-19/h14-15,18,20-21H,4-13H2,1-3H3/t14-,15+,17+/m1/s1. The second-order valence-corrected chi connectivity index (χ2v) is 8.24. The van der Waals surface area contributed by atoms with Crippen molar-refractivity contribution in [2.24, 2.45) is 11.3 Å². The molecule has 2 rings (SSSR count). The van der Waals surface area contributed by atoms with Gasteiger partial charge in [0, 0.05) is 31.7 Å². The minimum absolute atomic E-state index is 0.144. The summed E-state index contributed by atoms with van der Waals surface area (Å²) in [7, 11) is 0. The number of nitrogens with zero attached hydrogens (tertiary/aromatic N) is 1. The number of hydrogen-bond acceptors (Lipinski definition) is 5. The summed E-state index contributed by atoms with van der Waals surface area (Å²) in [4.78, 5) is 2.24. The van der Waals surface area contributed by atoms with E-state index in [0.29, 0.717) is 19.0 Å². The van der Waals surface area contributed by atoms with E-state index in [1.807, 2.05) is 0 Å². The lowest BCUT2D eigenvalue weighted by Gasteiger charge is -2.48. The largest absolute Gasteiger partial charge is 0.394 e. The van der Waals surface area contributed by atoms with E-state index in [9.17, 15) is 10.2 Å². The van der Waals surface area contributed by atoms with Crippen molar-refractivity contribution in [3.8, 4) is 0 Å². The Morgan fingerprint density at radius 3 is 2.55 bits per heavy atom. The van der Waals surface area contributed by atoms with E-state index in [-0.39, 0.29) is 17.6 Å². The Bertz CT molecular complexity index is 345. The summed E-state index contributed by atoms with van der Waals surface area (Å²) >= 11 is 0. The van der Waals surface area contributed by atoms with Crippen LogP contribution in [-0.2, 0) is 4.74 Å². The van der Waals surface area contributed by atoms with Gasteiger partial charge in [-0.2, -0.15) is 0 Å². The molecule has 1 heterocycles. The van der Waals surface area contributed by atoms with Crippen LogP contribution in [0, 0.1) is 11.3 Å². The molecule has 130 valence electrons. The Labute approximate surface area is 135 Å². The van der Waals surface area contributed by atoms with Gasteiger partial charge in [-0.3, -0.25) is 4.90 Å². The van der Waals surface area contributed by atoms with Gasteiger partial charge >= 0.3 is 0 Å².